The first-order valence-corrected chi connectivity index (χ1v) is 6.68. The van der Waals surface area contributed by atoms with Gasteiger partial charge in [0.25, 0.3) is 0 Å². The van der Waals surface area contributed by atoms with Crippen LogP contribution in [0.15, 0.2) is 24.3 Å². The number of carbonyl (C=O) groups is 1. The second kappa shape index (κ2) is 11.4. The lowest BCUT2D eigenvalue weighted by molar-refractivity contribution is -0.131. The van der Waals surface area contributed by atoms with Gasteiger partial charge in [0.1, 0.15) is 0 Å². The molecule has 0 aromatic carbocycles. The standard InChI is InChI=1S/C15H26O2/c1-3-4-5-6-7-8-9-10-11-12-14(2)13-15(16)17/h3,13H,1,4-12H2,2H3,(H,16,17). The molecule has 0 aromatic heterocycles. The van der Waals surface area contributed by atoms with Crippen LogP contribution in [0.4, 0.5) is 0 Å². The van der Waals surface area contributed by atoms with E-state index in [-0.39, 0.29) is 0 Å². The van der Waals surface area contributed by atoms with E-state index in [9.17, 15) is 4.79 Å². The van der Waals surface area contributed by atoms with E-state index in [1.807, 2.05) is 13.0 Å². The molecule has 0 saturated heterocycles. The molecule has 0 aliphatic rings. The Morgan fingerprint density at radius 1 is 1.06 bits per heavy atom. The van der Waals surface area contributed by atoms with E-state index in [1.54, 1.807) is 0 Å². The van der Waals surface area contributed by atoms with Crippen LogP contribution >= 0.6 is 0 Å². The summed E-state index contributed by atoms with van der Waals surface area (Å²) in [6, 6.07) is 0. The van der Waals surface area contributed by atoms with Gasteiger partial charge in [-0.25, -0.2) is 4.79 Å². The summed E-state index contributed by atoms with van der Waals surface area (Å²) in [5, 5.41) is 8.54. The minimum atomic E-state index is -0.829. The minimum absolute atomic E-state index is 0.829. The lowest BCUT2D eigenvalue weighted by Crippen LogP contribution is -1.90. The molecule has 98 valence electrons. The highest BCUT2D eigenvalue weighted by Gasteiger charge is 1.95. The molecule has 0 atom stereocenters. The molecule has 0 aromatic rings. The van der Waals surface area contributed by atoms with Crippen molar-refractivity contribution in [1.82, 2.24) is 0 Å². The molecule has 0 amide bonds. The molecule has 17 heavy (non-hydrogen) atoms. The number of unbranched alkanes of at least 4 members (excludes halogenated alkanes) is 7. The molecule has 0 heterocycles. The van der Waals surface area contributed by atoms with Crippen LogP contribution in [-0.2, 0) is 4.79 Å². The minimum Gasteiger partial charge on any atom is -0.478 e. The summed E-state index contributed by atoms with van der Waals surface area (Å²) in [4.78, 5) is 10.4. The van der Waals surface area contributed by atoms with Crippen molar-refractivity contribution in [2.24, 2.45) is 0 Å². The molecule has 0 aliphatic heterocycles. The molecule has 2 nitrogen and oxygen atoms in total. The molecule has 0 aliphatic carbocycles. The number of hydrogen-bond acceptors (Lipinski definition) is 1. The highest BCUT2D eigenvalue weighted by Crippen LogP contribution is 2.12. The average Bonchev–Trinajstić information content (AvgIpc) is 2.26. The van der Waals surface area contributed by atoms with Gasteiger partial charge in [-0.15, -0.1) is 6.58 Å². The third kappa shape index (κ3) is 12.9. The zero-order valence-corrected chi connectivity index (χ0v) is 11.1. The summed E-state index contributed by atoms with van der Waals surface area (Å²) in [5.41, 5.74) is 0.975. The molecule has 2 heteroatoms. The van der Waals surface area contributed by atoms with E-state index in [0.29, 0.717) is 0 Å². The summed E-state index contributed by atoms with van der Waals surface area (Å²) >= 11 is 0. The first-order valence-electron chi connectivity index (χ1n) is 6.68. The van der Waals surface area contributed by atoms with Crippen molar-refractivity contribution >= 4 is 5.97 Å². The largest absolute Gasteiger partial charge is 0.478 e. The highest BCUT2D eigenvalue weighted by molar-refractivity contribution is 5.80. The first-order chi connectivity index (χ1) is 8.16. The van der Waals surface area contributed by atoms with Crippen molar-refractivity contribution in [2.45, 2.75) is 64.7 Å². The monoisotopic (exact) mass is 238 g/mol. The Kier molecular flexibility index (Phi) is 10.7. The van der Waals surface area contributed by atoms with Crippen LogP contribution in [0.5, 0.6) is 0 Å². The maximum Gasteiger partial charge on any atom is 0.328 e. The summed E-state index contributed by atoms with van der Waals surface area (Å²) in [5.74, 6) is -0.829. The van der Waals surface area contributed by atoms with E-state index < -0.39 is 5.97 Å². The van der Waals surface area contributed by atoms with Crippen LogP contribution in [0.1, 0.15) is 64.7 Å². The van der Waals surface area contributed by atoms with Crippen molar-refractivity contribution in [3.63, 3.8) is 0 Å². The van der Waals surface area contributed by atoms with Crippen LogP contribution in [-0.4, -0.2) is 11.1 Å². The van der Waals surface area contributed by atoms with E-state index in [4.69, 9.17) is 5.11 Å². The van der Waals surface area contributed by atoms with E-state index in [2.05, 4.69) is 6.58 Å². The van der Waals surface area contributed by atoms with Crippen LogP contribution in [0.2, 0.25) is 0 Å². The second-order valence-electron chi connectivity index (χ2n) is 4.63. The number of rotatable bonds is 11. The predicted molar refractivity (Wildman–Crippen MR) is 73.1 cm³/mol. The zero-order chi connectivity index (χ0) is 12.9. The van der Waals surface area contributed by atoms with Gasteiger partial charge in [0, 0.05) is 6.08 Å². The third-order valence-electron chi connectivity index (χ3n) is 2.85. The topological polar surface area (TPSA) is 37.3 Å². The fourth-order valence-corrected chi connectivity index (χ4v) is 1.86. The van der Waals surface area contributed by atoms with Gasteiger partial charge in [-0.1, -0.05) is 43.8 Å². The number of carboxylic acids is 1. The van der Waals surface area contributed by atoms with Gasteiger partial charge in [-0.3, -0.25) is 0 Å². The molecule has 0 unspecified atom stereocenters. The molecule has 1 N–H and O–H groups in total. The van der Waals surface area contributed by atoms with E-state index in [1.165, 1.54) is 44.6 Å². The lowest BCUT2D eigenvalue weighted by Gasteiger charge is -2.02. The Bertz CT molecular complexity index is 241. The van der Waals surface area contributed by atoms with Crippen LogP contribution in [0.3, 0.4) is 0 Å². The van der Waals surface area contributed by atoms with Gasteiger partial charge in [0.15, 0.2) is 0 Å². The zero-order valence-electron chi connectivity index (χ0n) is 11.1. The maximum absolute atomic E-state index is 10.4. The Hall–Kier alpha value is -1.05. The fraction of sp³-hybridized carbons (Fsp3) is 0.667. The Labute approximate surface area is 105 Å². The van der Waals surface area contributed by atoms with Crippen molar-refractivity contribution < 1.29 is 9.90 Å². The SMILES string of the molecule is C=CCCCCCCCCCC(C)=CC(=O)O. The molecular formula is C15H26O2. The maximum atomic E-state index is 10.4. The molecule has 0 fully saturated rings. The van der Waals surface area contributed by atoms with Crippen LogP contribution in [0, 0.1) is 0 Å². The molecule has 0 bridgehead atoms. The van der Waals surface area contributed by atoms with Crippen LogP contribution < -0.4 is 0 Å². The molecule has 0 spiro atoms. The molecule has 0 rings (SSSR count). The summed E-state index contributed by atoms with van der Waals surface area (Å²) in [6.45, 7) is 5.60. The summed E-state index contributed by atoms with van der Waals surface area (Å²) < 4.78 is 0. The van der Waals surface area contributed by atoms with Crippen molar-refractivity contribution in [2.75, 3.05) is 0 Å². The van der Waals surface area contributed by atoms with Gasteiger partial charge in [0.2, 0.25) is 0 Å². The van der Waals surface area contributed by atoms with E-state index >= 15 is 0 Å². The van der Waals surface area contributed by atoms with Crippen LogP contribution in [0.25, 0.3) is 0 Å². The lowest BCUT2D eigenvalue weighted by atomic mass is 10.0. The fourth-order valence-electron chi connectivity index (χ4n) is 1.86. The molecule has 0 saturated carbocycles. The molecule has 0 radical (unpaired) electrons. The Morgan fingerprint density at radius 2 is 1.59 bits per heavy atom. The number of aliphatic carboxylic acids is 1. The number of allylic oxidation sites excluding steroid dienone is 2. The smallest absolute Gasteiger partial charge is 0.328 e. The van der Waals surface area contributed by atoms with Crippen molar-refractivity contribution in [1.29, 1.82) is 0 Å². The Balaban J connectivity index is 3.23. The number of carboxylic acid groups (broad SMARTS) is 1. The number of hydrogen-bond donors (Lipinski definition) is 1. The highest BCUT2D eigenvalue weighted by atomic mass is 16.4. The van der Waals surface area contributed by atoms with Crippen molar-refractivity contribution in [3.05, 3.63) is 24.3 Å². The normalized spacial score (nSPS) is 11.5. The van der Waals surface area contributed by atoms with Gasteiger partial charge < -0.3 is 5.11 Å². The summed E-state index contributed by atoms with van der Waals surface area (Å²) in [6.07, 6.45) is 14.2. The van der Waals surface area contributed by atoms with Gasteiger partial charge in [-0.05, 0) is 32.6 Å². The quantitative estimate of drug-likeness (QED) is 0.321. The van der Waals surface area contributed by atoms with Gasteiger partial charge in [-0.2, -0.15) is 0 Å². The van der Waals surface area contributed by atoms with Gasteiger partial charge in [0.05, 0.1) is 0 Å². The van der Waals surface area contributed by atoms with Crippen molar-refractivity contribution in [3.8, 4) is 0 Å². The Morgan fingerprint density at radius 3 is 2.12 bits per heavy atom. The van der Waals surface area contributed by atoms with Gasteiger partial charge >= 0.3 is 5.97 Å². The molecular weight excluding hydrogens is 212 g/mol. The van der Waals surface area contributed by atoms with E-state index in [0.717, 1.165) is 24.8 Å². The predicted octanol–water partition coefficient (Wildman–Crippen LogP) is 4.71. The summed E-state index contributed by atoms with van der Waals surface area (Å²) in [7, 11) is 0. The average molecular weight is 238 g/mol. The first kappa shape index (κ1) is 16.0. The third-order valence-corrected chi connectivity index (χ3v) is 2.85. The second-order valence-corrected chi connectivity index (χ2v) is 4.63.